The van der Waals surface area contributed by atoms with E-state index in [1.807, 2.05) is 19.1 Å². The van der Waals surface area contributed by atoms with Crippen LogP contribution in [0.15, 0.2) is 53.4 Å². The van der Waals surface area contributed by atoms with E-state index >= 15 is 0 Å². The molecule has 0 aromatic heterocycles. The Bertz CT molecular complexity index is 691. The van der Waals surface area contributed by atoms with Crippen LogP contribution in [0.4, 0.5) is 5.69 Å². The topological polar surface area (TPSA) is 66.4 Å². The SMILES string of the molecule is Cc1ccccc1NS(=O)(=O)c1ccc(C(C)O)cc1. The third kappa shape index (κ3) is 3.18. The summed E-state index contributed by atoms with van der Waals surface area (Å²) in [6.45, 7) is 3.48. The van der Waals surface area contributed by atoms with E-state index in [1.165, 1.54) is 12.1 Å². The van der Waals surface area contributed by atoms with Gasteiger partial charge in [-0.05, 0) is 43.2 Å². The van der Waals surface area contributed by atoms with Crippen LogP contribution in [0.3, 0.4) is 0 Å². The molecule has 1 unspecified atom stereocenters. The van der Waals surface area contributed by atoms with E-state index in [0.29, 0.717) is 11.3 Å². The molecule has 5 heteroatoms. The molecule has 0 aliphatic rings. The van der Waals surface area contributed by atoms with Gasteiger partial charge in [0.1, 0.15) is 0 Å². The first-order chi connectivity index (χ1) is 9.40. The van der Waals surface area contributed by atoms with Crippen molar-refractivity contribution < 1.29 is 13.5 Å². The van der Waals surface area contributed by atoms with Crippen LogP contribution in [0.5, 0.6) is 0 Å². The smallest absolute Gasteiger partial charge is 0.261 e. The number of aliphatic hydroxyl groups excluding tert-OH is 1. The van der Waals surface area contributed by atoms with E-state index in [2.05, 4.69) is 4.72 Å². The average molecular weight is 291 g/mol. The number of sulfonamides is 1. The summed E-state index contributed by atoms with van der Waals surface area (Å²) in [5, 5.41) is 9.42. The molecule has 0 aliphatic heterocycles. The molecule has 0 saturated carbocycles. The van der Waals surface area contributed by atoms with Gasteiger partial charge in [0, 0.05) is 0 Å². The normalized spacial score (nSPS) is 12.9. The first-order valence-corrected chi connectivity index (χ1v) is 7.75. The van der Waals surface area contributed by atoms with Crippen LogP contribution in [-0.4, -0.2) is 13.5 Å². The second-order valence-corrected chi connectivity index (χ2v) is 6.35. The molecule has 2 aromatic rings. The van der Waals surface area contributed by atoms with Crippen molar-refractivity contribution in [2.24, 2.45) is 0 Å². The van der Waals surface area contributed by atoms with Crippen LogP contribution in [-0.2, 0) is 10.0 Å². The Morgan fingerprint density at radius 3 is 2.20 bits per heavy atom. The van der Waals surface area contributed by atoms with Gasteiger partial charge in [-0.15, -0.1) is 0 Å². The van der Waals surface area contributed by atoms with Gasteiger partial charge in [0.15, 0.2) is 0 Å². The zero-order valence-corrected chi connectivity index (χ0v) is 12.2. The minimum atomic E-state index is -3.61. The molecule has 0 bridgehead atoms. The molecule has 0 amide bonds. The fourth-order valence-electron chi connectivity index (χ4n) is 1.82. The zero-order valence-electron chi connectivity index (χ0n) is 11.4. The van der Waals surface area contributed by atoms with Crippen LogP contribution in [0.1, 0.15) is 24.2 Å². The highest BCUT2D eigenvalue weighted by atomic mass is 32.2. The Morgan fingerprint density at radius 1 is 1.05 bits per heavy atom. The number of para-hydroxylation sites is 1. The lowest BCUT2D eigenvalue weighted by Crippen LogP contribution is -2.13. The van der Waals surface area contributed by atoms with Gasteiger partial charge in [-0.2, -0.15) is 0 Å². The molecule has 0 spiro atoms. The number of aliphatic hydroxyl groups is 1. The number of anilines is 1. The van der Waals surface area contributed by atoms with E-state index in [-0.39, 0.29) is 4.90 Å². The summed E-state index contributed by atoms with van der Waals surface area (Å²) in [5.41, 5.74) is 2.10. The first-order valence-electron chi connectivity index (χ1n) is 6.26. The van der Waals surface area contributed by atoms with Crippen molar-refractivity contribution in [1.29, 1.82) is 0 Å². The average Bonchev–Trinajstić information content (AvgIpc) is 2.41. The number of aryl methyl sites for hydroxylation is 1. The fraction of sp³-hybridized carbons (Fsp3) is 0.200. The predicted octanol–water partition coefficient (Wildman–Crippen LogP) is 2.85. The molecule has 1 atom stereocenters. The van der Waals surface area contributed by atoms with Crippen molar-refractivity contribution in [2.45, 2.75) is 24.8 Å². The van der Waals surface area contributed by atoms with E-state index < -0.39 is 16.1 Å². The van der Waals surface area contributed by atoms with Gasteiger partial charge in [0.25, 0.3) is 10.0 Å². The third-order valence-corrected chi connectivity index (χ3v) is 4.44. The molecule has 0 radical (unpaired) electrons. The number of benzene rings is 2. The predicted molar refractivity (Wildman–Crippen MR) is 79.1 cm³/mol. The molecule has 4 nitrogen and oxygen atoms in total. The van der Waals surface area contributed by atoms with Gasteiger partial charge in [0.2, 0.25) is 0 Å². The summed E-state index contributed by atoms with van der Waals surface area (Å²) >= 11 is 0. The lowest BCUT2D eigenvalue weighted by Gasteiger charge is -2.11. The van der Waals surface area contributed by atoms with Gasteiger partial charge in [0.05, 0.1) is 16.7 Å². The molecular weight excluding hydrogens is 274 g/mol. The maximum atomic E-state index is 12.3. The quantitative estimate of drug-likeness (QED) is 0.910. The molecule has 2 aromatic carbocycles. The van der Waals surface area contributed by atoms with Crippen LogP contribution >= 0.6 is 0 Å². The zero-order chi connectivity index (χ0) is 14.8. The number of hydrogen-bond donors (Lipinski definition) is 2. The molecule has 2 rings (SSSR count). The van der Waals surface area contributed by atoms with E-state index in [1.54, 1.807) is 31.2 Å². The maximum absolute atomic E-state index is 12.3. The Labute approximate surface area is 119 Å². The van der Waals surface area contributed by atoms with Crippen LogP contribution < -0.4 is 4.72 Å². The summed E-state index contributed by atoms with van der Waals surface area (Å²) in [5.74, 6) is 0. The summed E-state index contributed by atoms with van der Waals surface area (Å²) in [4.78, 5) is 0.171. The summed E-state index contributed by atoms with van der Waals surface area (Å²) in [6.07, 6.45) is -0.615. The van der Waals surface area contributed by atoms with Gasteiger partial charge >= 0.3 is 0 Å². The summed E-state index contributed by atoms with van der Waals surface area (Å²) in [6, 6.07) is 13.4. The molecule has 0 fully saturated rings. The highest BCUT2D eigenvalue weighted by Crippen LogP contribution is 2.20. The number of nitrogens with one attached hydrogen (secondary N) is 1. The van der Waals surface area contributed by atoms with E-state index in [9.17, 15) is 13.5 Å². The van der Waals surface area contributed by atoms with Crippen molar-refractivity contribution in [2.75, 3.05) is 4.72 Å². The summed E-state index contributed by atoms with van der Waals surface area (Å²) in [7, 11) is -3.61. The van der Waals surface area contributed by atoms with Crippen molar-refractivity contribution in [3.05, 3.63) is 59.7 Å². The Balaban J connectivity index is 2.29. The van der Waals surface area contributed by atoms with Crippen molar-refractivity contribution >= 4 is 15.7 Å². The Morgan fingerprint density at radius 2 is 1.65 bits per heavy atom. The standard InChI is InChI=1S/C15H17NO3S/c1-11-5-3-4-6-15(11)16-20(18,19)14-9-7-13(8-10-14)12(2)17/h3-10,12,16-17H,1-2H3. The largest absolute Gasteiger partial charge is 0.389 e. The van der Waals surface area contributed by atoms with Gasteiger partial charge in [-0.25, -0.2) is 8.42 Å². The van der Waals surface area contributed by atoms with Crippen molar-refractivity contribution in [3.63, 3.8) is 0 Å². The highest BCUT2D eigenvalue weighted by Gasteiger charge is 2.15. The van der Waals surface area contributed by atoms with Crippen LogP contribution in [0.2, 0.25) is 0 Å². The van der Waals surface area contributed by atoms with Gasteiger partial charge < -0.3 is 5.11 Å². The summed E-state index contributed by atoms with van der Waals surface area (Å²) < 4.78 is 27.1. The number of rotatable bonds is 4. The molecule has 106 valence electrons. The minimum absolute atomic E-state index is 0.171. The monoisotopic (exact) mass is 291 g/mol. The molecule has 0 heterocycles. The lowest BCUT2D eigenvalue weighted by molar-refractivity contribution is 0.199. The number of hydrogen-bond acceptors (Lipinski definition) is 3. The second-order valence-electron chi connectivity index (χ2n) is 4.67. The van der Waals surface area contributed by atoms with Gasteiger partial charge in [-0.1, -0.05) is 30.3 Å². The minimum Gasteiger partial charge on any atom is -0.389 e. The maximum Gasteiger partial charge on any atom is 0.261 e. The molecule has 2 N–H and O–H groups in total. The Hall–Kier alpha value is -1.85. The molecule has 0 saturated heterocycles. The first kappa shape index (κ1) is 14.6. The molecular formula is C15H17NO3S. The van der Waals surface area contributed by atoms with Crippen LogP contribution in [0.25, 0.3) is 0 Å². The highest BCUT2D eigenvalue weighted by molar-refractivity contribution is 7.92. The molecule has 0 aliphatic carbocycles. The van der Waals surface area contributed by atoms with Crippen LogP contribution in [0, 0.1) is 6.92 Å². The molecule has 20 heavy (non-hydrogen) atoms. The van der Waals surface area contributed by atoms with Crippen molar-refractivity contribution in [1.82, 2.24) is 0 Å². The van der Waals surface area contributed by atoms with E-state index in [4.69, 9.17) is 0 Å². The fourth-order valence-corrected chi connectivity index (χ4v) is 2.95. The Kier molecular flexibility index (Phi) is 4.11. The lowest BCUT2D eigenvalue weighted by atomic mass is 10.1. The second kappa shape index (κ2) is 5.64. The van der Waals surface area contributed by atoms with E-state index in [0.717, 1.165) is 5.56 Å². The third-order valence-electron chi connectivity index (χ3n) is 3.06. The van der Waals surface area contributed by atoms with Gasteiger partial charge in [-0.3, -0.25) is 4.72 Å². The van der Waals surface area contributed by atoms with Crippen molar-refractivity contribution in [3.8, 4) is 0 Å².